The Morgan fingerprint density at radius 3 is 2.14 bits per heavy atom. The fraction of sp³-hybridized carbons (Fsp3) is 0.176. The number of anilines is 1. The molecule has 0 aromatic heterocycles. The molecule has 1 fully saturated rings. The van der Waals surface area contributed by atoms with Crippen LogP contribution in [0.3, 0.4) is 0 Å². The van der Waals surface area contributed by atoms with Crippen LogP contribution >= 0.6 is 0 Å². The molecule has 0 spiro atoms. The van der Waals surface area contributed by atoms with Gasteiger partial charge >= 0.3 is 6.03 Å². The summed E-state index contributed by atoms with van der Waals surface area (Å²) in [6, 6.07) is 18.0. The van der Waals surface area contributed by atoms with Crippen molar-refractivity contribution in [2.75, 3.05) is 25.1 Å². The van der Waals surface area contributed by atoms with E-state index in [0.29, 0.717) is 18.7 Å². The molecule has 0 bridgehead atoms. The average molecular weight is 295 g/mol. The van der Waals surface area contributed by atoms with Crippen molar-refractivity contribution in [2.24, 2.45) is 0 Å². The number of urea groups is 1. The predicted octanol–water partition coefficient (Wildman–Crippen LogP) is 2.62. The topological polar surface area (TPSA) is 43.9 Å². The summed E-state index contributed by atoms with van der Waals surface area (Å²) in [5, 5.41) is 2.95. The van der Waals surface area contributed by atoms with Crippen LogP contribution in [0.2, 0.25) is 0 Å². The standard InChI is InChI=1S/C17H17N3O2/c1-18-12-13-19(15-10-6-3-7-11-15)20(17(18)22)16(21)14-8-4-2-5-9-14/h2-11H,12-13H2,1H3. The zero-order valence-corrected chi connectivity index (χ0v) is 12.3. The van der Waals surface area contributed by atoms with E-state index in [1.165, 1.54) is 5.01 Å². The van der Waals surface area contributed by atoms with Crippen molar-refractivity contribution in [3.63, 3.8) is 0 Å². The largest absolute Gasteiger partial charge is 0.346 e. The first-order chi connectivity index (χ1) is 10.7. The second-order valence-corrected chi connectivity index (χ2v) is 5.15. The minimum atomic E-state index is -0.319. The van der Waals surface area contributed by atoms with Crippen molar-refractivity contribution in [1.82, 2.24) is 9.91 Å². The third kappa shape index (κ3) is 2.53. The highest BCUT2D eigenvalue weighted by atomic mass is 16.2. The van der Waals surface area contributed by atoms with Crippen LogP contribution in [0.5, 0.6) is 0 Å². The van der Waals surface area contributed by atoms with Crippen LogP contribution in [0.15, 0.2) is 60.7 Å². The Kier molecular flexibility index (Phi) is 3.78. The summed E-state index contributed by atoms with van der Waals surface area (Å²) in [5.41, 5.74) is 1.32. The van der Waals surface area contributed by atoms with Crippen molar-refractivity contribution in [1.29, 1.82) is 0 Å². The highest BCUT2D eigenvalue weighted by molar-refractivity contribution is 6.05. The molecule has 0 unspecified atom stereocenters. The molecule has 1 heterocycles. The summed E-state index contributed by atoms with van der Waals surface area (Å²) >= 11 is 0. The van der Waals surface area contributed by atoms with Crippen molar-refractivity contribution in [3.8, 4) is 0 Å². The Hall–Kier alpha value is -2.82. The molecule has 0 atom stereocenters. The molecule has 0 radical (unpaired) electrons. The van der Waals surface area contributed by atoms with E-state index in [0.717, 1.165) is 5.69 Å². The summed E-state index contributed by atoms with van der Waals surface area (Å²) in [6.07, 6.45) is 0. The average Bonchev–Trinajstić information content (AvgIpc) is 2.58. The molecule has 5 heteroatoms. The smallest absolute Gasteiger partial charge is 0.324 e. The number of imide groups is 1. The normalized spacial score (nSPS) is 15.1. The van der Waals surface area contributed by atoms with Crippen LogP contribution < -0.4 is 5.01 Å². The summed E-state index contributed by atoms with van der Waals surface area (Å²) < 4.78 is 0. The fourth-order valence-corrected chi connectivity index (χ4v) is 2.45. The zero-order chi connectivity index (χ0) is 15.5. The minimum absolute atomic E-state index is 0.316. The van der Waals surface area contributed by atoms with Gasteiger partial charge in [-0.2, -0.15) is 5.01 Å². The lowest BCUT2D eigenvalue weighted by Crippen LogP contribution is -2.61. The van der Waals surface area contributed by atoms with E-state index >= 15 is 0 Å². The predicted molar refractivity (Wildman–Crippen MR) is 84.4 cm³/mol. The maximum atomic E-state index is 12.8. The molecule has 2 aromatic rings. The SMILES string of the molecule is CN1CCN(c2ccccc2)N(C(=O)c2ccccc2)C1=O. The van der Waals surface area contributed by atoms with Gasteiger partial charge in [0.25, 0.3) is 5.91 Å². The molecule has 1 saturated heterocycles. The van der Waals surface area contributed by atoms with Gasteiger partial charge in [-0.05, 0) is 24.3 Å². The number of nitrogens with zero attached hydrogens (tertiary/aromatic N) is 3. The lowest BCUT2D eigenvalue weighted by Gasteiger charge is -2.41. The second-order valence-electron chi connectivity index (χ2n) is 5.15. The molecule has 5 nitrogen and oxygen atoms in total. The Morgan fingerprint density at radius 2 is 1.50 bits per heavy atom. The number of para-hydroxylation sites is 1. The number of carbonyl (C=O) groups excluding carboxylic acids is 2. The van der Waals surface area contributed by atoms with Gasteiger partial charge in [-0.25, -0.2) is 4.79 Å². The Morgan fingerprint density at radius 1 is 0.909 bits per heavy atom. The first-order valence-corrected chi connectivity index (χ1v) is 7.15. The van der Waals surface area contributed by atoms with Gasteiger partial charge in [0.2, 0.25) is 0 Å². The number of hydrazine groups is 1. The van der Waals surface area contributed by atoms with Gasteiger partial charge < -0.3 is 4.90 Å². The summed E-state index contributed by atoms with van der Waals surface area (Å²) in [7, 11) is 1.70. The van der Waals surface area contributed by atoms with E-state index in [1.54, 1.807) is 41.2 Å². The van der Waals surface area contributed by atoms with Crippen molar-refractivity contribution in [2.45, 2.75) is 0 Å². The van der Waals surface area contributed by atoms with E-state index in [9.17, 15) is 9.59 Å². The number of rotatable bonds is 2. The maximum Gasteiger partial charge on any atom is 0.346 e. The Bertz CT molecular complexity index is 673. The van der Waals surface area contributed by atoms with Gasteiger partial charge in [0, 0.05) is 19.2 Å². The molecular weight excluding hydrogens is 278 g/mol. The second kappa shape index (κ2) is 5.89. The number of benzene rings is 2. The molecule has 22 heavy (non-hydrogen) atoms. The van der Waals surface area contributed by atoms with Crippen LogP contribution in [-0.4, -0.2) is 42.0 Å². The van der Waals surface area contributed by atoms with Gasteiger partial charge in [0.05, 0.1) is 12.2 Å². The summed E-state index contributed by atoms with van der Waals surface area (Å²) in [4.78, 5) is 26.8. The van der Waals surface area contributed by atoms with E-state index in [1.807, 2.05) is 36.4 Å². The molecule has 3 rings (SSSR count). The van der Waals surface area contributed by atoms with Crippen LogP contribution in [0.4, 0.5) is 10.5 Å². The molecule has 2 aromatic carbocycles. The third-order valence-corrected chi connectivity index (χ3v) is 3.66. The number of amides is 3. The van der Waals surface area contributed by atoms with Gasteiger partial charge in [0.15, 0.2) is 0 Å². The zero-order valence-electron chi connectivity index (χ0n) is 12.3. The Labute approximate surface area is 129 Å². The minimum Gasteiger partial charge on any atom is -0.324 e. The van der Waals surface area contributed by atoms with Crippen LogP contribution in [0.1, 0.15) is 10.4 Å². The molecule has 0 aliphatic carbocycles. The van der Waals surface area contributed by atoms with Gasteiger partial charge in [0.1, 0.15) is 0 Å². The molecule has 3 amide bonds. The number of likely N-dealkylation sites (N-methyl/N-ethyl adjacent to an activating group) is 1. The van der Waals surface area contributed by atoms with E-state index in [-0.39, 0.29) is 11.9 Å². The maximum absolute atomic E-state index is 12.8. The summed E-state index contributed by atoms with van der Waals surface area (Å²) in [6.45, 7) is 1.15. The third-order valence-electron chi connectivity index (χ3n) is 3.66. The van der Waals surface area contributed by atoms with Crippen molar-refractivity contribution >= 4 is 17.6 Å². The highest BCUT2D eigenvalue weighted by Gasteiger charge is 2.35. The van der Waals surface area contributed by atoms with Crippen molar-refractivity contribution < 1.29 is 9.59 Å². The lowest BCUT2D eigenvalue weighted by molar-refractivity contribution is 0.0708. The molecule has 112 valence electrons. The van der Waals surface area contributed by atoms with Crippen LogP contribution in [0, 0.1) is 0 Å². The monoisotopic (exact) mass is 295 g/mol. The Balaban J connectivity index is 1.98. The molecule has 1 aliphatic heterocycles. The summed E-state index contributed by atoms with van der Waals surface area (Å²) in [5.74, 6) is -0.319. The van der Waals surface area contributed by atoms with Crippen molar-refractivity contribution in [3.05, 3.63) is 66.2 Å². The fourth-order valence-electron chi connectivity index (χ4n) is 2.45. The quantitative estimate of drug-likeness (QED) is 0.855. The van der Waals surface area contributed by atoms with E-state index < -0.39 is 0 Å². The van der Waals surface area contributed by atoms with E-state index in [4.69, 9.17) is 0 Å². The first kappa shape index (κ1) is 14.1. The molecular formula is C17H17N3O2. The molecule has 1 aliphatic rings. The first-order valence-electron chi connectivity index (χ1n) is 7.15. The number of carbonyl (C=O) groups is 2. The molecule has 0 N–H and O–H groups in total. The van der Waals surface area contributed by atoms with Gasteiger partial charge in [-0.1, -0.05) is 36.4 Å². The molecule has 0 saturated carbocycles. The lowest BCUT2D eigenvalue weighted by atomic mass is 10.2. The highest BCUT2D eigenvalue weighted by Crippen LogP contribution is 2.22. The van der Waals surface area contributed by atoms with Crippen LogP contribution in [0.25, 0.3) is 0 Å². The van der Waals surface area contributed by atoms with Gasteiger partial charge in [-0.3, -0.25) is 9.80 Å². The van der Waals surface area contributed by atoms with Crippen LogP contribution in [-0.2, 0) is 0 Å². The number of hydrogen-bond donors (Lipinski definition) is 0. The number of hydrogen-bond acceptors (Lipinski definition) is 3. The van der Waals surface area contributed by atoms with E-state index in [2.05, 4.69) is 0 Å². The van der Waals surface area contributed by atoms with Gasteiger partial charge in [-0.15, -0.1) is 0 Å².